The van der Waals surface area contributed by atoms with Gasteiger partial charge in [-0.25, -0.2) is 4.57 Å². The number of fused-ring (bicyclic) bond motifs is 5. The molecule has 206 valence electrons. The Kier molecular flexibility index (Phi) is 5.79. The van der Waals surface area contributed by atoms with Crippen LogP contribution in [-0.2, 0) is 19.9 Å². The van der Waals surface area contributed by atoms with E-state index in [4.69, 9.17) is 4.74 Å². The van der Waals surface area contributed by atoms with Gasteiger partial charge in [-0.05, 0) is 63.9 Å². The standard InChI is InChI=1S/C35H35F3NO/c1-20-24-10-8-9-11-26(24)27(19-33(2,3)4)32-28(20)30-29-22(14-15-39(30)7)17-23-16-21(12-13-25(23)31(29)40-32)18-34(5,6)35(36,37)38/h8-17H,18-19H2,1-7H3/q+1. The monoisotopic (exact) mass is 542 g/mol. The first-order chi connectivity index (χ1) is 18.7. The minimum Gasteiger partial charge on any atom is -0.455 e. The number of halogens is 3. The molecule has 0 radical (unpaired) electrons. The fraction of sp³-hybridized carbons (Fsp3) is 0.343. The lowest BCUT2D eigenvalue weighted by molar-refractivity contribution is -0.659. The van der Waals surface area contributed by atoms with Gasteiger partial charge in [0.25, 0.3) is 0 Å². The molecular formula is C35H35F3NO+. The molecule has 2 heterocycles. The number of aryl methyl sites for hydroxylation is 2. The van der Waals surface area contributed by atoms with Crippen molar-refractivity contribution < 1.29 is 22.5 Å². The summed E-state index contributed by atoms with van der Waals surface area (Å²) in [6.45, 7) is 11.4. The van der Waals surface area contributed by atoms with Gasteiger partial charge in [0.05, 0.1) is 16.4 Å². The second-order valence-corrected chi connectivity index (χ2v) is 13.3. The third kappa shape index (κ3) is 4.13. The molecule has 0 N–H and O–H groups in total. The van der Waals surface area contributed by atoms with Gasteiger partial charge in [0, 0.05) is 17.0 Å². The van der Waals surface area contributed by atoms with E-state index in [0.717, 1.165) is 50.7 Å². The lowest BCUT2D eigenvalue weighted by Crippen LogP contribution is -2.34. The summed E-state index contributed by atoms with van der Waals surface area (Å²) in [5.41, 5.74) is 3.46. The van der Waals surface area contributed by atoms with E-state index < -0.39 is 11.6 Å². The quantitative estimate of drug-likeness (QED) is 0.160. The molecule has 2 nitrogen and oxygen atoms in total. The zero-order valence-electron chi connectivity index (χ0n) is 24.2. The molecule has 0 aliphatic carbocycles. The molecule has 5 heteroatoms. The first-order valence-electron chi connectivity index (χ1n) is 13.8. The van der Waals surface area contributed by atoms with Crippen LogP contribution in [0.2, 0.25) is 0 Å². The van der Waals surface area contributed by atoms with E-state index >= 15 is 0 Å². The third-order valence-corrected chi connectivity index (χ3v) is 8.35. The molecule has 0 amide bonds. The van der Waals surface area contributed by atoms with Crippen molar-refractivity contribution >= 4 is 32.3 Å². The van der Waals surface area contributed by atoms with Crippen molar-refractivity contribution in [3.8, 4) is 22.8 Å². The SMILES string of the molecule is Cc1c2c(c(CC(C)(C)C)c3ccccc13)Oc1c3ccc(CC(C)(C)C(F)(F)F)cc3cc3cc[n+](C)c-2c13. The second kappa shape index (κ2) is 8.70. The van der Waals surface area contributed by atoms with Crippen molar-refractivity contribution in [1.82, 2.24) is 0 Å². The summed E-state index contributed by atoms with van der Waals surface area (Å²) in [6.07, 6.45) is -1.46. The number of aromatic nitrogens is 1. The maximum atomic E-state index is 13.7. The van der Waals surface area contributed by atoms with Gasteiger partial charge in [-0.3, -0.25) is 0 Å². The summed E-state index contributed by atoms with van der Waals surface area (Å²) in [5.74, 6) is 1.66. The van der Waals surface area contributed by atoms with Crippen LogP contribution in [0.5, 0.6) is 11.5 Å². The van der Waals surface area contributed by atoms with Crippen molar-refractivity contribution in [1.29, 1.82) is 0 Å². The van der Waals surface area contributed by atoms with E-state index in [-0.39, 0.29) is 11.8 Å². The fourth-order valence-corrected chi connectivity index (χ4v) is 6.25. The molecule has 0 fully saturated rings. The molecule has 0 bridgehead atoms. The topological polar surface area (TPSA) is 13.1 Å². The third-order valence-electron chi connectivity index (χ3n) is 8.35. The molecule has 0 unspecified atom stereocenters. The van der Waals surface area contributed by atoms with Gasteiger partial charge in [0.15, 0.2) is 6.20 Å². The molecule has 1 aromatic heterocycles. The number of benzene rings is 4. The first-order valence-corrected chi connectivity index (χ1v) is 13.8. The molecular weight excluding hydrogens is 507 g/mol. The van der Waals surface area contributed by atoms with Crippen molar-refractivity contribution in [2.75, 3.05) is 0 Å². The van der Waals surface area contributed by atoms with Gasteiger partial charge in [0.2, 0.25) is 5.69 Å². The van der Waals surface area contributed by atoms with Crippen LogP contribution in [-0.4, -0.2) is 6.18 Å². The predicted molar refractivity (Wildman–Crippen MR) is 157 cm³/mol. The van der Waals surface area contributed by atoms with Crippen LogP contribution < -0.4 is 9.30 Å². The molecule has 40 heavy (non-hydrogen) atoms. The van der Waals surface area contributed by atoms with Crippen LogP contribution in [0.1, 0.15) is 51.3 Å². The molecule has 1 aliphatic rings. The van der Waals surface area contributed by atoms with Gasteiger partial charge >= 0.3 is 6.18 Å². The summed E-state index contributed by atoms with van der Waals surface area (Å²) >= 11 is 0. The van der Waals surface area contributed by atoms with Crippen LogP contribution >= 0.6 is 0 Å². The number of hydrogen-bond acceptors (Lipinski definition) is 1. The van der Waals surface area contributed by atoms with Gasteiger partial charge in [-0.15, -0.1) is 0 Å². The van der Waals surface area contributed by atoms with Crippen LogP contribution in [0.25, 0.3) is 43.6 Å². The number of pyridine rings is 1. The summed E-state index contributed by atoms with van der Waals surface area (Å²) in [4.78, 5) is 0. The fourth-order valence-electron chi connectivity index (χ4n) is 6.25. The molecule has 0 saturated carbocycles. The molecule has 0 spiro atoms. The Bertz CT molecular complexity index is 1840. The Morgan fingerprint density at radius 2 is 1.48 bits per heavy atom. The highest BCUT2D eigenvalue weighted by Crippen LogP contribution is 2.53. The average Bonchev–Trinajstić information content (AvgIpc) is 2.86. The van der Waals surface area contributed by atoms with E-state index in [2.05, 4.69) is 81.9 Å². The van der Waals surface area contributed by atoms with Crippen LogP contribution in [0.15, 0.2) is 60.8 Å². The van der Waals surface area contributed by atoms with Crippen molar-refractivity contribution in [3.05, 3.63) is 77.5 Å². The predicted octanol–water partition coefficient (Wildman–Crippen LogP) is 9.77. The lowest BCUT2D eigenvalue weighted by Gasteiger charge is -2.29. The van der Waals surface area contributed by atoms with Gasteiger partial charge in [0.1, 0.15) is 18.5 Å². The maximum Gasteiger partial charge on any atom is 0.394 e. The van der Waals surface area contributed by atoms with E-state index in [0.29, 0.717) is 5.56 Å². The molecule has 5 aromatic rings. The second-order valence-electron chi connectivity index (χ2n) is 13.3. The van der Waals surface area contributed by atoms with Gasteiger partial charge < -0.3 is 4.74 Å². The number of ether oxygens (including phenoxy) is 1. The molecule has 6 rings (SSSR count). The molecule has 1 aliphatic heterocycles. The molecule has 4 aromatic carbocycles. The number of rotatable bonds is 3. The van der Waals surface area contributed by atoms with Crippen LogP contribution in [0.4, 0.5) is 13.2 Å². The Morgan fingerprint density at radius 3 is 2.15 bits per heavy atom. The minimum absolute atomic E-state index is 0.0303. The van der Waals surface area contributed by atoms with E-state index in [1.165, 1.54) is 35.7 Å². The Hall–Kier alpha value is -3.60. The average molecular weight is 543 g/mol. The smallest absolute Gasteiger partial charge is 0.394 e. The van der Waals surface area contributed by atoms with E-state index in [1.807, 2.05) is 18.2 Å². The summed E-state index contributed by atoms with van der Waals surface area (Å²) in [5, 5.41) is 6.26. The zero-order valence-corrected chi connectivity index (χ0v) is 24.2. The van der Waals surface area contributed by atoms with E-state index in [9.17, 15) is 13.2 Å². The Morgan fingerprint density at radius 1 is 0.775 bits per heavy atom. The van der Waals surface area contributed by atoms with Gasteiger partial charge in [-0.2, -0.15) is 13.2 Å². The Labute approximate surface area is 233 Å². The first kappa shape index (κ1) is 26.6. The Balaban J connectivity index is 1.66. The summed E-state index contributed by atoms with van der Waals surface area (Å²) < 4.78 is 50.2. The highest BCUT2D eigenvalue weighted by atomic mass is 19.4. The zero-order chi connectivity index (χ0) is 28.8. The largest absolute Gasteiger partial charge is 0.455 e. The molecule has 0 atom stereocenters. The number of nitrogens with zero attached hydrogens (tertiary/aromatic N) is 1. The number of hydrogen-bond donors (Lipinski definition) is 0. The van der Waals surface area contributed by atoms with Gasteiger partial charge in [-0.1, -0.05) is 77.1 Å². The number of alkyl halides is 3. The highest BCUT2D eigenvalue weighted by molar-refractivity contribution is 6.13. The van der Waals surface area contributed by atoms with Crippen molar-refractivity contribution in [3.63, 3.8) is 0 Å². The van der Waals surface area contributed by atoms with Crippen LogP contribution in [0.3, 0.4) is 0 Å². The van der Waals surface area contributed by atoms with E-state index in [1.54, 1.807) is 0 Å². The van der Waals surface area contributed by atoms with Crippen LogP contribution in [0, 0.1) is 17.8 Å². The summed E-state index contributed by atoms with van der Waals surface area (Å²) in [7, 11) is 2.07. The minimum atomic E-state index is -4.28. The summed E-state index contributed by atoms with van der Waals surface area (Å²) in [6, 6.07) is 18.3. The lowest BCUT2D eigenvalue weighted by atomic mass is 9.81. The molecule has 0 saturated heterocycles. The van der Waals surface area contributed by atoms with Crippen molar-refractivity contribution in [2.24, 2.45) is 17.9 Å². The highest BCUT2D eigenvalue weighted by Gasteiger charge is 2.47. The maximum absolute atomic E-state index is 13.7. The normalized spacial score (nSPS) is 13.7. The van der Waals surface area contributed by atoms with Crippen molar-refractivity contribution in [2.45, 2.75) is 60.6 Å².